The predicted molar refractivity (Wildman–Crippen MR) is 85.5 cm³/mol. The van der Waals surface area contributed by atoms with Crippen molar-refractivity contribution >= 4 is 5.82 Å². The van der Waals surface area contributed by atoms with Gasteiger partial charge in [0.05, 0.1) is 0 Å². The van der Waals surface area contributed by atoms with Crippen molar-refractivity contribution < 1.29 is 0 Å². The summed E-state index contributed by atoms with van der Waals surface area (Å²) >= 11 is 0. The molecule has 3 aliphatic rings. The van der Waals surface area contributed by atoms with Crippen molar-refractivity contribution in [2.75, 3.05) is 24.5 Å². The smallest absolute Gasteiger partial charge is 0.129 e. The highest BCUT2D eigenvalue weighted by atomic mass is 15.3. The minimum absolute atomic E-state index is 0.568. The summed E-state index contributed by atoms with van der Waals surface area (Å²) in [6, 6.07) is 6.52. The topological polar surface area (TPSA) is 31.4 Å². The van der Waals surface area contributed by atoms with E-state index in [0.717, 1.165) is 25.2 Å². The molecule has 4 heteroatoms. The molecule has 3 fully saturated rings. The van der Waals surface area contributed by atoms with Gasteiger partial charge in [0.25, 0.3) is 0 Å². The van der Waals surface area contributed by atoms with Gasteiger partial charge in [0.15, 0.2) is 0 Å². The standard InChI is InChI=1S/C17H26N4/c1-13-11-20-8-2-3-16(20)12-21(13)17-9-14(6-7-18-17)10-19-15-4-5-15/h6-7,9,13,15-16,19H,2-5,8,10-12H2,1H3. The molecule has 1 aromatic heterocycles. The summed E-state index contributed by atoms with van der Waals surface area (Å²) in [5, 5.41) is 3.60. The Morgan fingerprint density at radius 3 is 3.05 bits per heavy atom. The van der Waals surface area contributed by atoms with Crippen LogP contribution in [0.15, 0.2) is 18.3 Å². The molecule has 0 aromatic carbocycles. The molecule has 21 heavy (non-hydrogen) atoms. The van der Waals surface area contributed by atoms with Gasteiger partial charge < -0.3 is 10.2 Å². The average Bonchev–Trinajstić information content (AvgIpc) is 3.22. The number of nitrogens with zero attached hydrogens (tertiary/aromatic N) is 3. The average molecular weight is 286 g/mol. The zero-order valence-electron chi connectivity index (χ0n) is 13.0. The number of rotatable bonds is 4. The van der Waals surface area contributed by atoms with Crippen LogP contribution in [-0.2, 0) is 6.54 Å². The van der Waals surface area contributed by atoms with Crippen LogP contribution in [0.5, 0.6) is 0 Å². The molecule has 0 spiro atoms. The Balaban J connectivity index is 1.47. The number of fused-ring (bicyclic) bond motifs is 1. The fourth-order valence-electron chi connectivity index (χ4n) is 3.78. The minimum Gasteiger partial charge on any atom is -0.351 e. The number of hydrogen-bond donors (Lipinski definition) is 1. The zero-order valence-corrected chi connectivity index (χ0v) is 13.0. The van der Waals surface area contributed by atoms with E-state index in [1.165, 1.54) is 50.2 Å². The molecule has 3 heterocycles. The van der Waals surface area contributed by atoms with E-state index in [1.807, 2.05) is 6.20 Å². The number of pyridine rings is 1. The number of aromatic nitrogens is 1. The second-order valence-electron chi connectivity index (χ2n) is 6.97. The van der Waals surface area contributed by atoms with Gasteiger partial charge in [-0.1, -0.05) is 0 Å². The highest BCUT2D eigenvalue weighted by molar-refractivity contribution is 5.43. The zero-order chi connectivity index (χ0) is 14.2. The van der Waals surface area contributed by atoms with Crippen LogP contribution in [0.25, 0.3) is 0 Å². The third-order valence-electron chi connectivity index (χ3n) is 5.21. The Hall–Kier alpha value is -1.13. The minimum atomic E-state index is 0.568. The molecule has 2 aliphatic heterocycles. The van der Waals surface area contributed by atoms with Gasteiger partial charge in [0.2, 0.25) is 0 Å². The Labute approximate surface area is 127 Å². The molecule has 2 saturated heterocycles. The molecule has 2 atom stereocenters. The SMILES string of the molecule is CC1CN2CCCC2CN1c1cc(CNC2CC2)ccn1. The van der Waals surface area contributed by atoms with Crippen molar-refractivity contribution in [3.63, 3.8) is 0 Å². The van der Waals surface area contributed by atoms with Gasteiger partial charge in [-0.3, -0.25) is 4.90 Å². The molecule has 2 unspecified atom stereocenters. The predicted octanol–water partition coefficient (Wildman–Crippen LogP) is 2.01. The van der Waals surface area contributed by atoms with Gasteiger partial charge in [0.1, 0.15) is 5.82 Å². The lowest BCUT2D eigenvalue weighted by Crippen LogP contribution is -2.55. The fourth-order valence-corrected chi connectivity index (χ4v) is 3.78. The molecule has 4 rings (SSSR count). The lowest BCUT2D eigenvalue weighted by Gasteiger charge is -2.43. The fraction of sp³-hybridized carbons (Fsp3) is 0.706. The maximum absolute atomic E-state index is 4.65. The maximum atomic E-state index is 4.65. The summed E-state index contributed by atoms with van der Waals surface area (Å²) in [5.74, 6) is 1.17. The molecule has 4 nitrogen and oxygen atoms in total. The number of hydrogen-bond acceptors (Lipinski definition) is 4. The summed E-state index contributed by atoms with van der Waals surface area (Å²) < 4.78 is 0. The summed E-state index contributed by atoms with van der Waals surface area (Å²) in [6.45, 7) is 6.95. The third kappa shape index (κ3) is 2.92. The summed E-state index contributed by atoms with van der Waals surface area (Å²) in [6.07, 6.45) is 7.39. The van der Waals surface area contributed by atoms with Gasteiger partial charge in [0, 0.05) is 44.0 Å². The van der Waals surface area contributed by atoms with Gasteiger partial charge in [-0.25, -0.2) is 4.98 Å². The first kappa shape index (κ1) is 13.5. The highest BCUT2D eigenvalue weighted by Crippen LogP contribution is 2.28. The van der Waals surface area contributed by atoms with Crippen molar-refractivity contribution in [3.8, 4) is 0 Å². The first-order valence-electron chi connectivity index (χ1n) is 8.48. The largest absolute Gasteiger partial charge is 0.351 e. The molecule has 1 aromatic rings. The van der Waals surface area contributed by atoms with Crippen molar-refractivity contribution in [1.29, 1.82) is 0 Å². The number of anilines is 1. The molecule has 1 N–H and O–H groups in total. The summed E-state index contributed by atoms with van der Waals surface area (Å²) in [7, 11) is 0. The quantitative estimate of drug-likeness (QED) is 0.917. The summed E-state index contributed by atoms with van der Waals surface area (Å²) in [5.41, 5.74) is 1.37. The lowest BCUT2D eigenvalue weighted by atomic mass is 10.1. The molecule has 0 radical (unpaired) electrons. The van der Waals surface area contributed by atoms with Crippen LogP contribution >= 0.6 is 0 Å². The summed E-state index contributed by atoms with van der Waals surface area (Å²) in [4.78, 5) is 9.84. The van der Waals surface area contributed by atoms with E-state index < -0.39 is 0 Å². The Morgan fingerprint density at radius 2 is 2.19 bits per heavy atom. The van der Waals surface area contributed by atoms with E-state index in [0.29, 0.717) is 6.04 Å². The second kappa shape index (κ2) is 5.58. The van der Waals surface area contributed by atoms with E-state index in [4.69, 9.17) is 0 Å². The molecule has 114 valence electrons. The van der Waals surface area contributed by atoms with Gasteiger partial charge >= 0.3 is 0 Å². The van der Waals surface area contributed by atoms with E-state index in [2.05, 4.69) is 39.2 Å². The van der Waals surface area contributed by atoms with Gasteiger partial charge in [-0.15, -0.1) is 0 Å². The Kier molecular flexibility index (Phi) is 3.59. The van der Waals surface area contributed by atoms with E-state index >= 15 is 0 Å². The van der Waals surface area contributed by atoms with Crippen molar-refractivity contribution in [1.82, 2.24) is 15.2 Å². The monoisotopic (exact) mass is 286 g/mol. The van der Waals surface area contributed by atoms with Crippen LogP contribution in [0.4, 0.5) is 5.82 Å². The Morgan fingerprint density at radius 1 is 1.29 bits per heavy atom. The first-order valence-corrected chi connectivity index (χ1v) is 8.48. The maximum Gasteiger partial charge on any atom is 0.129 e. The van der Waals surface area contributed by atoms with Crippen LogP contribution in [0.1, 0.15) is 38.2 Å². The van der Waals surface area contributed by atoms with Crippen molar-refractivity contribution in [3.05, 3.63) is 23.9 Å². The van der Waals surface area contributed by atoms with Crippen molar-refractivity contribution in [2.45, 2.75) is 57.3 Å². The van der Waals surface area contributed by atoms with Crippen LogP contribution in [0.3, 0.4) is 0 Å². The van der Waals surface area contributed by atoms with Gasteiger partial charge in [-0.2, -0.15) is 0 Å². The van der Waals surface area contributed by atoms with E-state index in [9.17, 15) is 0 Å². The van der Waals surface area contributed by atoms with Crippen LogP contribution in [0, 0.1) is 0 Å². The van der Waals surface area contributed by atoms with Crippen LogP contribution < -0.4 is 10.2 Å². The molecule has 1 aliphatic carbocycles. The highest BCUT2D eigenvalue weighted by Gasteiger charge is 2.34. The van der Waals surface area contributed by atoms with E-state index in [1.54, 1.807) is 0 Å². The third-order valence-corrected chi connectivity index (χ3v) is 5.21. The van der Waals surface area contributed by atoms with Gasteiger partial charge in [-0.05, 0) is 56.8 Å². The lowest BCUT2D eigenvalue weighted by molar-refractivity contribution is 0.202. The molecular formula is C17H26N4. The molecule has 0 bridgehead atoms. The van der Waals surface area contributed by atoms with Crippen LogP contribution in [-0.4, -0.2) is 47.6 Å². The first-order chi connectivity index (χ1) is 10.3. The van der Waals surface area contributed by atoms with E-state index in [-0.39, 0.29) is 0 Å². The normalized spacial score (nSPS) is 29.7. The van der Waals surface area contributed by atoms with Crippen LogP contribution in [0.2, 0.25) is 0 Å². The number of piperazine rings is 1. The molecule has 1 saturated carbocycles. The molecular weight excluding hydrogens is 260 g/mol. The second-order valence-corrected chi connectivity index (χ2v) is 6.97. The number of nitrogens with one attached hydrogen (secondary N) is 1. The van der Waals surface area contributed by atoms with Crippen molar-refractivity contribution in [2.24, 2.45) is 0 Å². The Bertz CT molecular complexity index is 499. The molecule has 0 amide bonds.